The molecule has 1 saturated heterocycles. The molecule has 2 amide bonds. The molecular weight excluding hydrogens is 567 g/mol. The summed E-state index contributed by atoms with van der Waals surface area (Å²) in [6.45, 7) is 11.9. The third-order valence-electron chi connectivity index (χ3n) is 7.13. The van der Waals surface area contributed by atoms with Gasteiger partial charge in [-0.1, -0.05) is 38.1 Å². The number of aryl methyl sites for hydroxylation is 1. The molecule has 1 aliphatic heterocycles. The molecule has 1 aliphatic rings. The number of para-hydroxylation sites is 2. The van der Waals surface area contributed by atoms with Gasteiger partial charge in [0, 0.05) is 43.2 Å². The van der Waals surface area contributed by atoms with Crippen molar-refractivity contribution in [1.29, 1.82) is 0 Å². The minimum atomic E-state index is -0.546. The van der Waals surface area contributed by atoms with E-state index in [1.54, 1.807) is 48.2 Å². The zero-order chi connectivity index (χ0) is 31.4. The predicted octanol–water partition coefficient (Wildman–Crippen LogP) is 4.91. The minimum Gasteiger partial charge on any atom is -0.408 e. The van der Waals surface area contributed by atoms with Crippen molar-refractivity contribution >= 4 is 23.5 Å². The van der Waals surface area contributed by atoms with E-state index in [1.165, 1.54) is 12.4 Å². The molecule has 230 valence electrons. The molecule has 0 saturated carbocycles. The summed E-state index contributed by atoms with van der Waals surface area (Å²) in [5.74, 6) is -0.0762. The number of anilines is 2. The Labute approximate surface area is 254 Å². The zero-order valence-corrected chi connectivity index (χ0v) is 25.3. The molecule has 13 heteroatoms. The van der Waals surface area contributed by atoms with Crippen LogP contribution in [0.4, 0.5) is 20.7 Å². The molecule has 44 heavy (non-hydrogen) atoms. The Hall–Kier alpha value is -4.91. The summed E-state index contributed by atoms with van der Waals surface area (Å²) in [4.78, 5) is 39.8. The quantitative estimate of drug-likeness (QED) is 0.267. The van der Waals surface area contributed by atoms with Gasteiger partial charge in [0.15, 0.2) is 11.6 Å². The monoisotopic (exact) mass is 602 g/mol. The van der Waals surface area contributed by atoms with Crippen LogP contribution in [-0.2, 0) is 5.41 Å². The summed E-state index contributed by atoms with van der Waals surface area (Å²) in [7, 11) is 0. The Kier molecular flexibility index (Phi) is 8.86. The molecule has 1 fully saturated rings. The Bertz CT molecular complexity index is 1660. The second kappa shape index (κ2) is 12.8. The number of carbonyl (C=O) groups excluding carboxylic acids is 2. The van der Waals surface area contributed by atoms with Gasteiger partial charge in [-0.05, 0) is 49.2 Å². The Balaban J connectivity index is 1.31. The van der Waals surface area contributed by atoms with Gasteiger partial charge >= 0.3 is 17.9 Å². The number of nitrogens with zero attached hydrogens (tertiary/aromatic N) is 5. The first kappa shape index (κ1) is 30.5. The number of amides is 2. The third-order valence-corrected chi connectivity index (χ3v) is 7.13. The molecule has 3 heterocycles. The third kappa shape index (κ3) is 7.00. The van der Waals surface area contributed by atoms with Gasteiger partial charge in [-0.2, -0.15) is 4.98 Å². The van der Waals surface area contributed by atoms with Gasteiger partial charge in [0.2, 0.25) is 0 Å². The molecule has 4 aromatic rings. The van der Waals surface area contributed by atoms with Gasteiger partial charge in [0.25, 0.3) is 0 Å². The second-order valence-corrected chi connectivity index (χ2v) is 11.6. The molecule has 5 rings (SSSR count). The van der Waals surface area contributed by atoms with Crippen LogP contribution in [0.1, 0.15) is 61.4 Å². The van der Waals surface area contributed by atoms with E-state index >= 15 is 4.39 Å². The summed E-state index contributed by atoms with van der Waals surface area (Å²) >= 11 is 0. The smallest absolute Gasteiger partial charge is 0.408 e. The van der Waals surface area contributed by atoms with Gasteiger partial charge in [-0.15, -0.1) is 0 Å². The highest BCUT2D eigenvalue weighted by Crippen LogP contribution is 2.31. The maximum atomic E-state index is 15.5. The van der Waals surface area contributed by atoms with Crippen molar-refractivity contribution < 1.29 is 23.2 Å². The summed E-state index contributed by atoms with van der Waals surface area (Å²) in [6, 6.07) is 11.1. The largest absolute Gasteiger partial charge is 0.415 e. The zero-order valence-electron chi connectivity index (χ0n) is 25.3. The Morgan fingerprint density at radius 3 is 2.59 bits per heavy atom. The van der Waals surface area contributed by atoms with Gasteiger partial charge in [-0.3, -0.25) is 4.79 Å². The minimum absolute atomic E-state index is 0.155. The van der Waals surface area contributed by atoms with Crippen LogP contribution in [0.5, 0.6) is 5.75 Å². The summed E-state index contributed by atoms with van der Waals surface area (Å²) in [6.07, 6.45) is 0.897. The van der Waals surface area contributed by atoms with Gasteiger partial charge in [-0.25, -0.2) is 19.2 Å². The molecule has 0 unspecified atom stereocenters. The van der Waals surface area contributed by atoms with Crippen molar-refractivity contribution in [2.24, 2.45) is 0 Å². The molecule has 2 aromatic heterocycles. The van der Waals surface area contributed by atoms with Crippen LogP contribution in [0.25, 0.3) is 11.3 Å². The van der Waals surface area contributed by atoms with E-state index < -0.39 is 23.9 Å². The SMILES string of the molecule is Cc1cc(-c2cc(Nc3ccccc3OC(=O)N3CCNCC3)ncn2)c(F)cc1[C@@H](C)NC(=O)c1nc(C(C)(C)C)no1. The molecule has 2 aromatic carbocycles. The number of aromatic nitrogens is 4. The molecule has 0 aliphatic carbocycles. The number of halogens is 1. The van der Waals surface area contributed by atoms with Crippen molar-refractivity contribution in [2.45, 2.75) is 46.1 Å². The fourth-order valence-corrected chi connectivity index (χ4v) is 4.69. The van der Waals surface area contributed by atoms with E-state index in [0.29, 0.717) is 60.5 Å². The number of nitrogens with one attached hydrogen (secondary N) is 3. The van der Waals surface area contributed by atoms with E-state index in [-0.39, 0.29) is 16.9 Å². The van der Waals surface area contributed by atoms with Crippen LogP contribution in [0, 0.1) is 12.7 Å². The average Bonchev–Trinajstić information content (AvgIpc) is 3.51. The molecular formula is C31H35FN8O4. The first-order valence-electron chi connectivity index (χ1n) is 14.3. The van der Waals surface area contributed by atoms with E-state index in [1.807, 2.05) is 27.7 Å². The van der Waals surface area contributed by atoms with Crippen LogP contribution >= 0.6 is 0 Å². The van der Waals surface area contributed by atoms with E-state index in [2.05, 4.69) is 36.1 Å². The number of benzene rings is 2. The molecule has 1 atom stereocenters. The second-order valence-electron chi connectivity index (χ2n) is 11.6. The highest BCUT2D eigenvalue weighted by Gasteiger charge is 2.25. The van der Waals surface area contributed by atoms with E-state index in [4.69, 9.17) is 9.26 Å². The fraction of sp³-hybridized carbons (Fsp3) is 0.355. The van der Waals surface area contributed by atoms with Gasteiger partial charge < -0.3 is 30.1 Å². The molecule has 12 nitrogen and oxygen atoms in total. The van der Waals surface area contributed by atoms with Crippen LogP contribution in [0.3, 0.4) is 0 Å². The maximum Gasteiger partial charge on any atom is 0.415 e. The standard InChI is InChI=1S/C31H35FN8O4/c1-18-14-21(22(32)15-20(18)19(2)36-27(41)28-38-29(39-44-28)31(3,4)5)24-16-26(35-17-34-24)37-23-8-6-7-9-25(23)43-30(42)40-12-10-33-11-13-40/h6-9,14-17,19,33H,10-13H2,1-5H3,(H,36,41)(H,34,35,37)/t19-/m1/s1. The Morgan fingerprint density at radius 1 is 1.11 bits per heavy atom. The molecule has 0 spiro atoms. The number of hydrogen-bond donors (Lipinski definition) is 3. The molecule has 0 radical (unpaired) electrons. The lowest BCUT2D eigenvalue weighted by Crippen LogP contribution is -2.47. The number of rotatable bonds is 7. The predicted molar refractivity (Wildman–Crippen MR) is 161 cm³/mol. The van der Waals surface area contributed by atoms with Crippen molar-refractivity contribution in [3.8, 4) is 17.0 Å². The fourth-order valence-electron chi connectivity index (χ4n) is 4.69. The lowest BCUT2D eigenvalue weighted by atomic mass is 9.96. The van der Waals surface area contributed by atoms with Crippen LogP contribution in [-0.4, -0.2) is 63.2 Å². The topological polar surface area (TPSA) is 147 Å². The van der Waals surface area contributed by atoms with E-state index in [9.17, 15) is 9.59 Å². The highest BCUT2D eigenvalue weighted by molar-refractivity contribution is 5.89. The first-order valence-corrected chi connectivity index (χ1v) is 14.3. The number of ether oxygens (including phenoxy) is 1. The van der Waals surface area contributed by atoms with Crippen molar-refractivity contribution in [1.82, 2.24) is 35.6 Å². The van der Waals surface area contributed by atoms with Gasteiger partial charge in [0.1, 0.15) is 18.0 Å². The number of piperazine rings is 1. The van der Waals surface area contributed by atoms with Crippen LogP contribution in [0.15, 0.2) is 53.3 Å². The molecule has 3 N–H and O–H groups in total. The summed E-state index contributed by atoms with van der Waals surface area (Å²) in [5, 5.41) is 13.0. The Morgan fingerprint density at radius 2 is 1.86 bits per heavy atom. The van der Waals surface area contributed by atoms with Crippen LogP contribution < -0.4 is 20.7 Å². The van der Waals surface area contributed by atoms with Crippen molar-refractivity contribution in [3.05, 3.63) is 77.5 Å². The number of hydrogen-bond acceptors (Lipinski definition) is 10. The van der Waals surface area contributed by atoms with Crippen molar-refractivity contribution in [2.75, 3.05) is 31.5 Å². The normalized spacial score (nSPS) is 14.2. The lowest BCUT2D eigenvalue weighted by molar-refractivity contribution is 0.0895. The maximum absolute atomic E-state index is 15.5. The number of carbonyl (C=O) groups is 2. The van der Waals surface area contributed by atoms with Crippen LogP contribution in [0.2, 0.25) is 0 Å². The summed E-state index contributed by atoms with van der Waals surface area (Å²) < 4.78 is 26.3. The lowest BCUT2D eigenvalue weighted by Gasteiger charge is -2.26. The van der Waals surface area contributed by atoms with Gasteiger partial charge in [0.05, 0.1) is 17.4 Å². The van der Waals surface area contributed by atoms with Crippen molar-refractivity contribution in [3.63, 3.8) is 0 Å². The highest BCUT2D eigenvalue weighted by atomic mass is 19.1. The average molecular weight is 603 g/mol. The first-order chi connectivity index (χ1) is 21.0. The molecule has 0 bridgehead atoms. The summed E-state index contributed by atoms with van der Waals surface area (Å²) in [5.41, 5.74) is 2.09. The van der Waals surface area contributed by atoms with E-state index in [0.717, 1.165) is 5.56 Å².